The predicted molar refractivity (Wildman–Crippen MR) is 67.2 cm³/mol. The summed E-state index contributed by atoms with van der Waals surface area (Å²) in [6.45, 7) is 1.49. The number of aryl methyl sites for hydroxylation is 2. The van der Waals surface area contributed by atoms with Crippen molar-refractivity contribution in [2.75, 3.05) is 0 Å². The standard InChI is InChI=1S/C13H13F3N2O3/c1-7-10(12(19)20)11(18(2)17-7)21-9-5-3-4-8(6-9)13(14,15)16/h3-4,6,9H,5H2,1-2H3,(H,19,20). The molecule has 1 atom stereocenters. The molecule has 1 unspecified atom stereocenters. The lowest BCUT2D eigenvalue weighted by molar-refractivity contribution is -0.0892. The molecule has 0 bridgehead atoms. The Hall–Kier alpha value is -2.25. The van der Waals surface area contributed by atoms with Crippen molar-refractivity contribution in [3.63, 3.8) is 0 Å². The summed E-state index contributed by atoms with van der Waals surface area (Å²) in [7, 11) is 1.47. The molecule has 21 heavy (non-hydrogen) atoms. The van der Waals surface area contributed by atoms with E-state index in [2.05, 4.69) is 5.10 Å². The van der Waals surface area contributed by atoms with Gasteiger partial charge in [-0.2, -0.15) is 18.3 Å². The molecule has 0 saturated heterocycles. The van der Waals surface area contributed by atoms with Crippen LogP contribution in [0.25, 0.3) is 0 Å². The number of allylic oxidation sites excluding steroid dienone is 2. The molecule has 1 aliphatic rings. The van der Waals surface area contributed by atoms with E-state index in [4.69, 9.17) is 9.84 Å². The molecule has 8 heteroatoms. The SMILES string of the molecule is Cc1nn(C)c(OC2C=C(C(F)(F)F)C=CC2)c1C(=O)O. The molecule has 0 aliphatic heterocycles. The van der Waals surface area contributed by atoms with Crippen LogP contribution in [-0.4, -0.2) is 33.1 Å². The number of rotatable bonds is 3. The molecule has 0 aromatic carbocycles. The van der Waals surface area contributed by atoms with Crippen molar-refractivity contribution in [2.24, 2.45) is 7.05 Å². The molecule has 0 amide bonds. The van der Waals surface area contributed by atoms with Gasteiger partial charge in [0, 0.05) is 13.5 Å². The van der Waals surface area contributed by atoms with Crippen molar-refractivity contribution < 1.29 is 27.8 Å². The van der Waals surface area contributed by atoms with E-state index >= 15 is 0 Å². The van der Waals surface area contributed by atoms with Gasteiger partial charge in [-0.25, -0.2) is 9.48 Å². The van der Waals surface area contributed by atoms with Crippen molar-refractivity contribution in [2.45, 2.75) is 25.6 Å². The number of hydrogen-bond acceptors (Lipinski definition) is 3. The molecule has 0 saturated carbocycles. The Bertz CT molecular complexity index is 629. The number of carboxylic acids is 1. The topological polar surface area (TPSA) is 64.4 Å². The zero-order chi connectivity index (χ0) is 15.8. The fraction of sp³-hybridized carbons (Fsp3) is 0.385. The Morgan fingerprint density at radius 1 is 1.52 bits per heavy atom. The molecule has 114 valence electrons. The normalized spacial score (nSPS) is 18.5. The lowest BCUT2D eigenvalue weighted by atomic mass is 10.0. The van der Waals surface area contributed by atoms with E-state index in [9.17, 15) is 18.0 Å². The molecule has 0 spiro atoms. The Balaban J connectivity index is 2.30. The van der Waals surface area contributed by atoms with Crippen LogP contribution in [0.1, 0.15) is 22.5 Å². The molecule has 0 radical (unpaired) electrons. The Morgan fingerprint density at radius 2 is 2.19 bits per heavy atom. The molecule has 1 aliphatic carbocycles. The average Bonchev–Trinajstić information content (AvgIpc) is 2.63. The highest BCUT2D eigenvalue weighted by atomic mass is 19.4. The second-order valence-corrected chi connectivity index (χ2v) is 4.61. The van der Waals surface area contributed by atoms with Crippen LogP contribution in [0.15, 0.2) is 23.8 Å². The Kier molecular flexibility index (Phi) is 3.80. The summed E-state index contributed by atoms with van der Waals surface area (Å²) >= 11 is 0. The van der Waals surface area contributed by atoms with Gasteiger partial charge in [-0.3, -0.25) is 0 Å². The van der Waals surface area contributed by atoms with Gasteiger partial charge in [-0.15, -0.1) is 0 Å². The quantitative estimate of drug-likeness (QED) is 0.932. The van der Waals surface area contributed by atoms with Crippen molar-refractivity contribution in [1.82, 2.24) is 9.78 Å². The van der Waals surface area contributed by atoms with Crippen LogP contribution in [0.5, 0.6) is 5.88 Å². The lowest BCUT2D eigenvalue weighted by Gasteiger charge is -2.20. The second-order valence-electron chi connectivity index (χ2n) is 4.61. The van der Waals surface area contributed by atoms with Crippen LogP contribution in [0, 0.1) is 6.92 Å². The van der Waals surface area contributed by atoms with Gasteiger partial charge < -0.3 is 9.84 Å². The van der Waals surface area contributed by atoms with Gasteiger partial charge in [0.25, 0.3) is 0 Å². The maximum Gasteiger partial charge on any atom is 0.416 e. The third kappa shape index (κ3) is 3.09. The summed E-state index contributed by atoms with van der Waals surface area (Å²) in [5, 5.41) is 13.0. The highest BCUT2D eigenvalue weighted by Gasteiger charge is 2.34. The largest absolute Gasteiger partial charge is 0.477 e. The average molecular weight is 302 g/mol. The third-order valence-corrected chi connectivity index (χ3v) is 3.01. The van der Waals surface area contributed by atoms with E-state index in [-0.39, 0.29) is 23.6 Å². The van der Waals surface area contributed by atoms with Crippen molar-refractivity contribution in [1.29, 1.82) is 0 Å². The number of aromatic nitrogens is 2. The maximum absolute atomic E-state index is 12.7. The molecule has 1 N–H and O–H groups in total. The predicted octanol–water partition coefficient (Wildman–Crippen LogP) is 2.62. The first-order valence-electron chi connectivity index (χ1n) is 6.09. The van der Waals surface area contributed by atoms with Gasteiger partial charge in [0.05, 0.1) is 11.3 Å². The molecular formula is C13H13F3N2O3. The fourth-order valence-corrected chi connectivity index (χ4v) is 2.09. The van der Waals surface area contributed by atoms with Gasteiger partial charge in [0.2, 0.25) is 5.88 Å². The van der Waals surface area contributed by atoms with Gasteiger partial charge in [0.1, 0.15) is 11.7 Å². The number of nitrogens with zero attached hydrogens (tertiary/aromatic N) is 2. The van der Waals surface area contributed by atoms with Gasteiger partial charge in [0.15, 0.2) is 0 Å². The first-order valence-corrected chi connectivity index (χ1v) is 6.09. The third-order valence-electron chi connectivity index (χ3n) is 3.01. The minimum Gasteiger partial charge on any atom is -0.477 e. The van der Waals surface area contributed by atoms with E-state index in [1.54, 1.807) is 0 Å². The van der Waals surface area contributed by atoms with E-state index in [0.717, 1.165) is 12.2 Å². The minimum atomic E-state index is -4.46. The van der Waals surface area contributed by atoms with E-state index in [0.29, 0.717) is 0 Å². The first-order chi connectivity index (χ1) is 9.70. The molecule has 5 nitrogen and oxygen atoms in total. The van der Waals surface area contributed by atoms with Gasteiger partial charge in [-0.05, 0) is 13.0 Å². The molecule has 1 aromatic rings. The molecular weight excluding hydrogens is 289 g/mol. The van der Waals surface area contributed by atoms with E-state index in [1.165, 1.54) is 24.7 Å². The molecule has 1 heterocycles. The smallest absolute Gasteiger partial charge is 0.416 e. The second kappa shape index (κ2) is 5.27. The van der Waals surface area contributed by atoms with Gasteiger partial charge >= 0.3 is 12.1 Å². The van der Waals surface area contributed by atoms with Gasteiger partial charge in [-0.1, -0.05) is 12.2 Å². The van der Waals surface area contributed by atoms with Crippen LogP contribution in [0.3, 0.4) is 0 Å². The van der Waals surface area contributed by atoms with Crippen molar-refractivity contribution in [3.8, 4) is 5.88 Å². The number of aromatic carboxylic acids is 1. The molecule has 2 rings (SSSR count). The molecule has 1 aromatic heterocycles. The van der Waals surface area contributed by atoms with Crippen molar-refractivity contribution in [3.05, 3.63) is 35.1 Å². The number of halogens is 3. The summed E-state index contributed by atoms with van der Waals surface area (Å²) in [5.74, 6) is -1.29. The number of hydrogen-bond donors (Lipinski definition) is 1. The first kappa shape index (κ1) is 15.1. The zero-order valence-corrected chi connectivity index (χ0v) is 11.3. The summed E-state index contributed by atoms with van der Waals surface area (Å²) in [6.07, 6.45) is -1.86. The van der Waals surface area contributed by atoms with Crippen molar-refractivity contribution >= 4 is 5.97 Å². The van der Waals surface area contributed by atoms with E-state index in [1.807, 2.05) is 0 Å². The van der Waals surface area contributed by atoms with Crippen LogP contribution in [0.4, 0.5) is 13.2 Å². The Morgan fingerprint density at radius 3 is 2.76 bits per heavy atom. The zero-order valence-electron chi connectivity index (χ0n) is 11.3. The van der Waals surface area contributed by atoms with Crippen LogP contribution in [-0.2, 0) is 7.05 Å². The summed E-state index contributed by atoms with van der Waals surface area (Å²) in [5.41, 5.74) is -0.713. The van der Waals surface area contributed by atoms with Crippen LogP contribution < -0.4 is 4.74 Å². The van der Waals surface area contributed by atoms with Crippen LogP contribution in [0.2, 0.25) is 0 Å². The summed E-state index contributed by atoms with van der Waals surface area (Å²) in [4.78, 5) is 11.2. The minimum absolute atomic E-state index is 0.0573. The summed E-state index contributed by atoms with van der Waals surface area (Å²) in [6, 6.07) is 0. The molecule has 0 fully saturated rings. The monoisotopic (exact) mass is 302 g/mol. The fourth-order valence-electron chi connectivity index (χ4n) is 2.09. The highest BCUT2D eigenvalue weighted by molar-refractivity contribution is 5.91. The van der Waals surface area contributed by atoms with E-state index < -0.39 is 23.8 Å². The number of alkyl halides is 3. The maximum atomic E-state index is 12.7. The van der Waals surface area contributed by atoms with Crippen LogP contribution >= 0.6 is 0 Å². The Labute approximate surface area is 118 Å². The highest BCUT2D eigenvalue weighted by Crippen LogP contribution is 2.31. The lowest BCUT2D eigenvalue weighted by Crippen LogP contribution is -2.22. The number of carboxylic acid groups (broad SMARTS) is 1. The number of ether oxygens (including phenoxy) is 1. The number of carbonyl (C=O) groups is 1. The summed E-state index contributed by atoms with van der Waals surface area (Å²) < 4.78 is 44.6.